The van der Waals surface area contributed by atoms with E-state index in [2.05, 4.69) is 10.3 Å². The SMILES string of the molecule is CC(=N\O)/C(C)=N/O.[H-].[H-].[Na+].[Na+]. The van der Waals surface area contributed by atoms with Crippen molar-refractivity contribution >= 4 is 11.4 Å². The molecule has 0 spiro atoms. The molecule has 0 saturated carbocycles. The average Bonchev–Trinajstić information content (AvgIpc) is 1.84. The largest absolute Gasteiger partial charge is 1.00 e. The van der Waals surface area contributed by atoms with Crippen molar-refractivity contribution in [2.24, 2.45) is 10.3 Å². The molecule has 0 aliphatic rings. The fraction of sp³-hybridized carbons (Fsp3) is 0.500. The molecule has 0 aromatic heterocycles. The van der Waals surface area contributed by atoms with E-state index >= 15 is 0 Å². The van der Waals surface area contributed by atoms with Crippen LogP contribution in [0.2, 0.25) is 0 Å². The molecule has 0 aliphatic heterocycles. The summed E-state index contributed by atoms with van der Waals surface area (Å²) in [5.41, 5.74) is 0.625. The molecule has 0 atom stereocenters. The van der Waals surface area contributed by atoms with E-state index in [4.69, 9.17) is 10.4 Å². The van der Waals surface area contributed by atoms with E-state index < -0.39 is 0 Å². The van der Waals surface area contributed by atoms with Gasteiger partial charge in [-0.2, -0.15) is 0 Å². The zero-order valence-electron chi connectivity index (χ0n) is 8.79. The van der Waals surface area contributed by atoms with Crippen LogP contribution in [0.15, 0.2) is 10.3 Å². The smallest absolute Gasteiger partial charge is 1.00 e. The van der Waals surface area contributed by atoms with Crippen LogP contribution in [-0.4, -0.2) is 21.8 Å². The zero-order chi connectivity index (χ0) is 6.57. The Morgan fingerprint density at radius 1 is 1.00 bits per heavy atom. The van der Waals surface area contributed by atoms with Crippen LogP contribution >= 0.6 is 0 Å². The Morgan fingerprint density at radius 2 is 1.20 bits per heavy atom. The van der Waals surface area contributed by atoms with E-state index in [1.54, 1.807) is 0 Å². The topological polar surface area (TPSA) is 65.2 Å². The first-order chi connectivity index (χ1) is 3.72. The Balaban J connectivity index is -0.0000000408. The van der Waals surface area contributed by atoms with Gasteiger partial charge in [0.1, 0.15) is 11.4 Å². The minimum absolute atomic E-state index is 0. The van der Waals surface area contributed by atoms with Gasteiger partial charge in [0.2, 0.25) is 0 Å². The summed E-state index contributed by atoms with van der Waals surface area (Å²) in [4.78, 5) is 0. The predicted octanol–water partition coefficient (Wildman–Crippen LogP) is -5.08. The average molecular weight is 164 g/mol. The Labute approximate surface area is 107 Å². The van der Waals surface area contributed by atoms with E-state index in [0.717, 1.165) is 0 Å². The van der Waals surface area contributed by atoms with Crippen LogP contribution in [0.25, 0.3) is 0 Å². The first kappa shape index (κ1) is 17.1. The Morgan fingerprint density at radius 3 is 1.30 bits per heavy atom. The molecule has 50 valence electrons. The van der Waals surface area contributed by atoms with Gasteiger partial charge in [0, 0.05) is 0 Å². The maximum absolute atomic E-state index is 8.03. The van der Waals surface area contributed by atoms with Crippen LogP contribution in [0.4, 0.5) is 0 Å². The molecular weight excluding hydrogens is 154 g/mol. The second-order valence-electron chi connectivity index (χ2n) is 1.37. The van der Waals surface area contributed by atoms with Crippen molar-refractivity contribution in [3.63, 3.8) is 0 Å². The van der Waals surface area contributed by atoms with Crippen molar-refractivity contribution in [3.8, 4) is 0 Å². The number of hydrogen-bond donors (Lipinski definition) is 2. The van der Waals surface area contributed by atoms with Crippen molar-refractivity contribution in [1.29, 1.82) is 0 Å². The van der Waals surface area contributed by atoms with E-state index in [-0.39, 0.29) is 62.0 Å². The van der Waals surface area contributed by atoms with Crippen LogP contribution in [0.5, 0.6) is 0 Å². The molecule has 0 unspecified atom stereocenters. The van der Waals surface area contributed by atoms with Crippen LogP contribution < -0.4 is 59.1 Å². The summed E-state index contributed by atoms with van der Waals surface area (Å²) < 4.78 is 0. The fourth-order valence-corrected chi connectivity index (χ4v) is 0.145. The maximum atomic E-state index is 8.03. The van der Waals surface area contributed by atoms with Gasteiger partial charge in [-0.05, 0) is 13.8 Å². The Bertz CT molecular complexity index is 127. The molecular formula is C4H10N2Na2O2. The van der Waals surface area contributed by atoms with Crippen LogP contribution in [0, 0.1) is 0 Å². The van der Waals surface area contributed by atoms with E-state index in [0.29, 0.717) is 11.4 Å². The van der Waals surface area contributed by atoms with E-state index in [1.807, 2.05) is 0 Å². The number of hydrogen-bond acceptors (Lipinski definition) is 4. The van der Waals surface area contributed by atoms with E-state index in [9.17, 15) is 0 Å². The van der Waals surface area contributed by atoms with Crippen molar-refractivity contribution in [2.75, 3.05) is 0 Å². The molecule has 0 aliphatic carbocycles. The van der Waals surface area contributed by atoms with Gasteiger partial charge in [0.15, 0.2) is 0 Å². The molecule has 0 rings (SSSR count). The van der Waals surface area contributed by atoms with Gasteiger partial charge >= 0.3 is 59.1 Å². The summed E-state index contributed by atoms with van der Waals surface area (Å²) >= 11 is 0. The molecule has 0 radical (unpaired) electrons. The molecule has 10 heavy (non-hydrogen) atoms. The zero-order valence-corrected chi connectivity index (χ0v) is 10.8. The third-order valence-electron chi connectivity index (χ3n) is 0.824. The molecule has 0 aromatic rings. The number of oxime groups is 2. The first-order valence-corrected chi connectivity index (χ1v) is 2.10. The summed E-state index contributed by atoms with van der Waals surface area (Å²) in [5, 5.41) is 21.6. The standard InChI is InChI=1S/C4H8N2O2.2Na.2H/c1-3(5-7)4(2)6-8;;;;/h7-8H,1-2H3;;;;/q;2*+1;2*-1/b5-3+,6-4+;;;;. The van der Waals surface area contributed by atoms with Gasteiger partial charge in [-0.15, -0.1) is 0 Å². The van der Waals surface area contributed by atoms with Crippen molar-refractivity contribution in [1.82, 2.24) is 0 Å². The van der Waals surface area contributed by atoms with Gasteiger partial charge in [-0.25, -0.2) is 0 Å². The summed E-state index contributed by atoms with van der Waals surface area (Å²) in [6.07, 6.45) is 0. The Kier molecular flexibility index (Phi) is 17.0. The number of rotatable bonds is 1. The van der Waals surface area contributed by atoms with Gasteiger partial charge in [0.05, 0.1) is 0 Å². The van der Waals surface area contributed by atoms with Gasteiger partial charge in [-0.3, -0.25) is 0 Å². The summed E-state index contributed by atoms with van der Waals surface area (Å²) in [6.45, 7) is 3.07. The molecule has 4 nitrogen and oxygen atoms in total. The molecule has 0 fully saturated rings. The van der Waals surface area contributed by atoms with Crippen LogP contribution in [0.3, 0.4) is 0 Å². The second kappa shape index (κ2) is 9.94. The molecule has 0 saturated heterocycles. The normalized spacial score (nSPS) is 11.4. The predicted molar refractivity (Wildman–Crippen MR) is 32.0 cm³/mol. The van der Waals surface area contributed by atoms with Crippen molar-refractivity contribution in [3.05, 3.63) is 0 Å². The second-order valence-corrected chi connectivity index (χ2v) is 1.37. The summed E-state index contributed by atoms with van der Waals surface area (Å²) in [5.74, 6) is 0. The van der Waals surface area contributed by atoms with Gasteiger partial charge in [-0.1, -0.05) is 10.3 Å². The fourth-order valence-electron chi connectivity index (χ4n) is 0.145. The molecule has 2 N–H and O–H groups in total. The molecule has 0 aromatic carbocycles. The molecule has 0 amide bonds. The molecule has 6 heteroatoms. The van der Waals surface area contributed by atoms with Crippen molar-refractivity contribution < 1.29 is 72.4 Å². The summed E-state index contributed by atoms with van der Waals surface area (Å²) in [6, 6.07) is 0. The molecule has 0 heterocycles. The Hall–Kier alpha value is 0.940. The van der Waals surface area contributed by atoms with Crippen LogP contribution in [0.1, 0.15) is 16.7 Å². The minimum Gasteiger partial charge on any atom is -1.00 e. The van der Waals surface area contributed by atoms with Crippen LogP contribution in [-0.2, 0) is 0 Å². The summed E-state index contributed by atoms with van der Waals surface area (Å²) in [7, 11) is 0. The number of nitrogens with zero attached hydrogens (tertiary/aromatic N) is 2. The molecule has 0 bridgehead atoms. The third kappa shape index (κ3) is 7.05. The third-order valence-corrected chi connectivity index (χ3v) is 0.824. The van der Waals surface area contributed by atoms with E-state index in [1.165, 1.54) is 13.8 Å². The van der Waals surface area contributed by atoms with Gasteiger partial charge in [0.25, 0.3) is 0 Å². The first-order valence-electron chi connectivity index (χ1n) is 2.10. The maximum Gasteiger partial charge on any atom is 1.00 e. The van der Waals surface area contributed by atoms with Crippen molar-refractivity contribution in [2.45, 2.75) is 13.8 Å². The van der Waals surface area contributed by atoms with Gasteiger partial charge < -0.3 is 13.3 Å². The minimum atomic E-state index is 0. The quantitative estimate of drug-likeness (QED) is 0.176. The monoisotopic (exact) mass is 164 g/mol.